The molecule has 1 unspecified atom stereocenters. The number of carbonyl (C=O) groups excluding carboxylic acids is 1. The largest absolute Gasteiger partial charge is 0.378 e. The average molecular weight is 307 g/mol. The molecule has 0 radical (unpaired) electrons. The summed E-state index contributed by atoms with van der Waals surface area (Å²) in [6.45, 7) is 10.6. The minimum absolute atomic E-state index is 0.117. The third kappa shape index (κ3) is 3.88. The van der Waals surface area contributed by atoms with E-state index in [2.05, 4.69) is 31.0 Å². The summed E-state index contributed by atoms with van der Waals surface area (Å²) in [4.78, 5) is 14.9. The summed E-state index contributed by atoms with van der Waals surface area (Å²) in [6, 6.07) is 0. The third-order valence-electron chi connectivity index (χ3n) is 4.26. The number of nitrogens with zero attached hydrogens (tertiary/aromatic N) is 2. The van der Waals surface area contributed by atoms with Crippen LogP contribution in [0, 0.1) is 6.92 Å². The van der Waals surface area contributed by atoms with Gasteiger partial charge in [-0.1, -0.05) is 20.8 Å². The van der Waals surface area contributed by atoms with Crippen molar-refractivity contribution in [3.05, 3.63) is 17.0 Å². The molecule has 1 amide bonds. The molecule has 0 saturated carbocycles. The topological polar surface area (TPSA) is 58.2 Å². The lowest BCUT2D eigenvalue weighted by Crippen LogP contribution is -2.33. The molecule has 0 aromatic carbocycles. The van der Waals surface area contributed by atoms with Crippen molar-refractivity contribution in [3.63, 3.8) is 0 Å². The molecule has 1 atom stereocenters. The van der Waals surface area contributed by atoms with Crippen LogP contribution in [0.1, 0.15) is 74.1 Å². The number of aromatic amines is 1. The SMILES string of the molecule is CCCOC1CCCN(C(=O)c2c(C(C)C)n[nH]c2C)CC1. The van der Waals surface area contributed by atoms with E-state index >= 15 is 0 Å². The van der Waals surface area contributed by atoms with Crippen LogP contribution in [0.5, 0.6) is 0 Å². The Morgan fingerprint density at radius 2 is 2.18 bits per heavy atom. The van der Waals surface area contributed by atoms with Crippen LogP contribution in [0.3, 0.4) is 0 Å². The summed E-state index contributed by atoms with van der Waals surface area (Å²) >= 11 is 0. The van der Waals surface area contributed by atoms with Crippen molar-refractivity contribution in [2.45, 2.75) is 65.4 Å². The average Bonchev–Trinajstić information content (AvgIpc) is 2.73. The molecule has 0 aliphatic carbocycles. The van der Waals surface area contributed by atoms with Crippen molar-refractivity contribution in [3.8, 4) is 0 Å². The summed E-state index contributed by atoms with van der Waals surface area (Å²) < 4.78 is 5.86. The van der Waals surface area contributed by atoms with Crippen molar-refractivity contribution >= 4 is 5.91 Å². The molecule has 22 heavy (non-hydrogen) atoms. The first-order chi connectivity index (χ1) is 10.5. The molecular formula is C17H29N3O2. The zero-order valence-corrected chi connectivity index (χ0v) is 14.3. The second kappa shape index (κ2) is 7.77. The molecule has 1 aliphatic rings. The van der Waals surface area contributed by atoms with Gasteiger partial charge in [-0.05, 0) is 38.5 Å². The van der Waals surface area contributed by atoms with E-state index in [0.717, 1.165) is 62.3 Å². The molecule has 1 aromatic heterocycles. The highest BCUT2D eigenvalue weighted by Gasteiger charge is 2.27. The van der Waals surface area contributed by atoms with E-state index in [9.17, 15) is 4.79 Å². The maximum Gasteiger partial charge on any atom is 0.257 e. The highest BCUT2D eigenvalue weighted by Crippen LogP contribution is 2.23. The normalized spacial score (nSPS) is 19.5. The van der Waals surface area contributed by atoms with Crippen molar-refractivity contribution in [1.82, 2.24) is 15.1 Å². The van der Waals surface area contributed by atoms with Gasteiger partial charge < -0.3 is 9.64 Å². The molecule has 1 aromatic rings. The van der Waals surface area contributed by atoms with E-state index in [1.54, 1.807) is 0 Å². The number of hydrogen-bond donors (Lipinski definition) is 1. The highest BCUT2D eigenvalue weighted by molar-refractivity contribution is 5.96. The Kier molecular flexibility index (Phi) is 6.00. The molecule has 1 fully saturated rings. The fourth-order valence-electron chi connectivity index (χ4n) is 3.01. The van der Waals surface area contributed by atoms with Crippen molar-refractivity contribution in [1.29, 1.82) is 0 Å². The van der Waals surface area contributed by atoms with E-state index in [4.69, 9.17) is 4.74 Å². The van der Waals surface area contributed by atoms with Gasteiger partial charge in [0.05, 0.1) is 17.4 Å². The van der Waals surface area contributed by atoms with Crippen LogP contribution in [-0.4, -0.2) is 46.8 Å². The van der Waals surface area contributed by atoms with Crippen LogP contribution >= 0.6 is 0 Å². The standard InChI is InChI=1S/C17H29N3O2/c1-5-11-22-14-7-6-9-20(10-8-14)17(21)15-13(4)18-19-16(15)12(2)3/h12,14H,5-11H2,1-4H3,(H,18,19). The second-order valence-electron chi connectivity index (χ2n) is 6.48. The summed E-state index contributed by atoms with van der Waals surface area (Å²) in [5.41, 5.74) is 2.52. The number of likely N-dealkylation sites (tertiary alicyclic amines) is 1. The monoisotopic (exact) mass is 307 g/mol. The highest BCUT2D eigenvalue weighted by atomic mass is 16.5. The molecule has 5 nitrogen and oxygen atoms in total. The van der Waals surface area contributed by atoms with Gasteiger partial charge >= 0.3 is 0 Å². The Balaban J connectivity index is 2.06. The van der Waals surface area contributed by atoms with Crippen LogP contribution in [0.15, 0.2) is 0 Å². The van der Waals surface area contributed by atoms with E-state index < -0.39 is 0 Å². The zero-order valence-electron chi connectivity index (χ0n) is 14.3. The van der Waals surface area contributed by atoms with Crippen LogP contribution in [0.2, 0.25) is 0 Å². The van der Waals surface area contributed by atoms with E-state index in [1.165, 1.54) is 0 Å². The van der Waals surface area contributed by atoms with Crippen LogP contribution < -0.4 is 0 Å². The fraction of sp³-hybridized carbons (Fsp3) is 0.765. The molecule has 5 heteroatoms. The van der Waals surface area contributed by atoms with Gasteiger partial charge in [0.15, 0.2) is 0 Å². The number of aryl methyl sites for hydroxylation is 1. The maximum atomic E-state index is 12.9. The number of aromatic nitrogens is 2. The van der Waals surface area contributed by atoms with Crippen LogP contribution in [0.4, 0.5) is 0 Å². The molecule has 0 spiro atoms. The Hall–Kier alpha value is -1.36. The lowest BCUT2D eigenvalue weighted by Gasteiger charge is -2.21. The minimum atomic E-state index is 0.117. The molecule has 1 N–H and O–H groups in total. The Labute approximate surface area is 133 Å². The van der Waals surface area contributed by atoms with Gasteiger partial charge in [-0.2, -0.15) is 5.10 Å². The number of nitrogens with one attached hydrogen (secondary N) is 1. The lowest BCUT2D eigenvalue weighted by molar-refractivity contribution is 0.0432. The molecule has 124 valence electrons. The van der Waals surface area contributed by atoms with Gasteiger partial charge in [0.2, 0.25) is 0 Å². The molecular weight excluding hydrogens is 278 g/mol. The predicted octanol–water partition coefficient (Wildman–Crippen LogP) is 3.26. The van der Waals surface area contributed by atoms with Gasteiger partial charge in [0.25, 0.3) is 5.91 Å². The number of carbonyl (C=O) groups is 1. The Morgan fingerprint density at radius 3 is 2.86 bits per heavy atom. The number of rotatable bonds is 5. The van der Waals surface area contributed by atoms with Gasteiger partial charge in [0.1, 0.15) is 0 Å². The van der Waals surface area contributed by atoms with Crippen LogP contribution in [0.25, 0.3) is 0 Å². The summed E-state index contributed by atoms with van der Waals surface area (Å²) in [5.74, 6) is 0.364. The molecule has 1 aliphatic heterocycles. The van der Waals surface area contributed by atoms with Gasteiger partial charge in [0, 0.05) is 25.4 Å². The number of hydrogen-bond acceptors (Lipinski definition) is 3. The number of ether oxygens (including phenoxy) is 1. The maximum absolute atomic E-state index is 12.9. The third-order valence-corrected chi connectivity index (χ3v) is 4.26. The zero-order chi connectivity index (χ0) is 16.1. The Bertz CT molecular complexity index is 496. The van der Waals surface area contributed by atoms with Crippen molar-refractivity contribution < 1.29 is 9.53 Å². The second-order valence-corrected chi connectivity index (χ2v) is 6.48. The number of amides is 1. The first kappa shape index (κ1) is 17.0. The van der Waals surface area contributed by atoms with E-state index in [-0.39, 0.29) is 11.8 Å². The molecule has 2 rings (SSSR count). The Morgan fingerprint density at radius 1 is 1.41 bits per heavy atom. The van der Waals surface area contributed by atoms with Crippen molar-refractivity contribution in [2.24, 2.45) is 0 Å². The smallest absolute Gasteiger partial charge is 0.257 e. The summed E-state index contributed by atoms with van der Waals surface area (Å²) in [7, 11) is 0. The molecule has 0 bridgehead atoms. The van der Waals surface area contributed by atoms with Crippen LogP contribution in [-0.2, 0) is 4.74 Å². The molecule has 2 heterocycles. The van der Waals surface area contributed by atoms with Gasteiger partial charge in [-0.3, -0.25) is 9.89 Å². The van der Waals surface area contributed by atoms with Crippen molar-refractivity contribution in [2.75, 3.05) is 19.7 Å². The first-order valence-electron chi connectivity index (χ1n) is 8.50. The van der Waals surface area contributed by atoms with E-state index in [0.29, 0.717) is 6.10 Å². The first-order valence-corrected chi connectivity index (χ1v) is 8.50. The quantitative estimate of drug-likeness (QED) is 0.908. The predicted molar refractivity (Wildman–Crippen MR) is 87.2 cm³/mol. The fourth-order valence-corrected chi connectivity index (χ4v) is 3.01. The lowest BCUT2D eigenvalue weighted by atomic mass is 10.0. The summed E-state index contributed by atoms with van der Waals surface area (Å²) in [6.07, 6.45) is 4.33. The number of H-pyrrole nitrogens is 1. The minimum Gasteiger partial charge on any atom is -0.378 e. The molecule has 1 saturated heterocycles. The van der Waals surface area contributed by atoms with Gasteiger partial charge in [-0.15, -0.1) is 0 Å². The summed E-state index contributed by atoms with van der Waals surface area (Å²) in [5, 5.41) is 7.28. The van der Waals surface area contributed by atoms with E-state index in [1.807, 2.05) is 11.8 Å². The van der Waals surface area contributed by atoms with Gasteiger partial charge in [-0.25, -0.2) is 0 Å².